The number of halogens is 1. The van der Waals surface area contributed by atoms with Crippen molar-refractivity contribution < 1.29 is 14.5 Å². The highest BCUT2D eigenvalue weighted by molar-refractivity contribution is 14.1. The van der Waals surface area contributed by atoms with Crippen LogP contribution in [0.2, 0.25) is 0 Å². The first-order valence-corrected chi connectivity index (χ1v) is 8.48. The van der Waals surface area contributed by atoms with Gasteiger partial charge in [-0.25, -0.2) is 4.79 Å². The third kappa shape index (κ3) is 2.23. The molecule has 3 rings (SSSR count). The molecule has 6 heteroatoms. The van der Waals surface area contributed by atoms with Gasteiger partial charge in [0.15, 0.2) is 0 Å². The number of carbonyl (C=O) groups excluding carboxylic acids is 1. The van der Waals surface area contributed by atoms with Gasteiger partial charge in [0.2, 0.25) is 0 Å². The van der Waals surface area contributed by atoms with Gasteiger partial charge in [-0.1, -0.05) is 29.5 Å². The zero-order valence-electron chi connectivity index (χ0n) is 12.5. The zero-order chi connectivity index (χ0) is 16.1. The summed E-state index contributed by atoms with van der Waals surface area (Å²) in [5.74, 6) is 0.202. The summed E-state index contributed by atoms with van der Waals surface area (Å²) in [5, 5.41) is 10.6. The largest absolute Gasteiger partial charge is 0.458 e. The fraction of sp³-hybridized carbons (Fsp3) is 0.562. The Morgan fingerprint density at radius 2 is 2.00 bits per heavy atom. The van der Waals surface area contributed by atoms with Crippen molar-refractivity contribution in [3.63, 3.8) is 0 Å². The van der Waals surface area contributed by atoms with E-state index in [0.717, 1.165) is 12.8 Å². The van der Waals surface area contributed by atoms with Gasteiger partial charge in [0, 0.05) is 21.0 Å². The van der Waals surface area contributed by atoms with Crippen molar-refractivity contribution in [3.05, 3.63) is 39.9 Å². The molecule has 0 spiro atoms. The number of nitro groups is 1. The molecule has 0 saturated heterocycles. The Labute approximate surface area is 142 Å². The van der Waals surface area contributed by atoms with Crippen molar-refractivity contribution in [1.82, 2.24) is 0 Å². The maximum atomic E-state index is 12.3. The smallest absolute Gasteiger partial charge is 0.338 e. The SMILES string of the molecule is CC1(I)C2CCC1(C)C(OC(=O)c1ccc([N+](=O)[O-])cc1)C2. The number of esters is 1. The van der Waals surface area contributed by atoms with E-state index in [-0.39, 0.29) is 26.6 Å². The van der Waals surface area contributed by atoms with E-state index in [4.69, 9.17) is 4.74 Å². The Kier molecular flexibility index (Phi) is 3.70. The molecule has 5 nitrogen and oxygen atoms in total. The zero-order valence-corrected chi connectivity index (χ0v) is 14.7. The van der Waals surface area contributed by atoms with Crippen LogP contribution >= 0.6 is 22.6 Å². The van der Waals surface area contributed by atoms with Crippen LogP contribution in [0.15, 0.2) is 24.3 Å². The van der Waals surface area contributed by atoms with Gasteiger partial charge in [-0.15, -0.1) is 0 Å². The third-order valence-corrected chi connectivity index (χ3v) is 7.78. The monoisotopic (exact) mass is 415 g/mol. The topological polar surface area (TPSA) is 69.4 Å². The first kappa shape index (κ1) is 15.7. The first-order chi connectivity index (χ1) is 10.3. The van der Waals surface area contributed by atoms with Crippen LogP contribution in [0.1, 0.15) is 43.5 Å². The van der Waals surface area contributed by atoms with Crippen molar-refractivity contribution in [1.29, 1.82) is 0 Å². The van der Waals surface area contributed by atoms with Crippen LogP contribution in [0.25, 0.3) is 0 Å². The lowest BCUT2D eigenvalue weighted by Crippen LogP contribution is -2.40. The summed E-state index contributed by atoms with van der Waals surface area (Å²) in [6, 6.07) is 5.58. The van der Waals surface area contributed by atoms with Crippen LogP contribution in [0.5, 0.6) is 0 Å². The van der Waals surface area contributed by atoms with Gasteiger partial charge in [-0.2, -0.15) is 0 Å². The summed E-state index contributed by atoms with van der Waals surface area (Å²) in [6.07, 6.45) is 3.11. The van der Waals surface area contributed by atoms with E-state index in [1.807, 2.05) is 0 Å². The quantitative estimate of drug-likeness (QED) is 0.245. The van der Waals surface area contributed by atoms with Gasteiger partial charge >= 0.3 is 5.97 Å². The minimum Gasteiger partial charge on any atom is -0.458 e. The molecule has 1 aromatic carbocycles. The highest BCUT2D eigenvalue weighted by Crippen LogP contribution is 2.65. The fourth-order valence-electron chi connectivity index (χ4n) is 3.88. The van der Waals surface area contributed by atoms with E-state index >= 15 is 0 Å². The van der Waals surface area contributed by atoms with E-state index in [2.05, 4.69) is 36.4 Å². The molecular weight excluding hydrogens is 397 g/mol. The predicted molar refractivity (Wildman–Crippen MR) is 90.2 cm³/mol. The summed E-state index contributed by atoms with van der Waals surface area (Å²) in [5.41, 5.74) is 0.352. The molecule has 1 aromatic rings. The summed E-state index contributed by atoms with van der Waals surface area (Å²) in [4.78, 5) is 22.5. The van der Waals surface area contributed by atoms with Gasteiger partial charge < -0.3 is 4.74 Å². The minimum absolute atomic E-state index is 0.00859. The van der Waals surface area contributed by atoms with Gasteiger partial charge in [-0.05, 0) is 44.2 Å². The van der Waals surface area contributed by atoms with Gasteiger partial charge in [0.05, 0.1) is 10.5 Å². The fourth-order valence-corrected chi connectivity index (χ4v) is 5.07. The number of hydrogen-bond donors (Lipinski definition) is 0. The third-order valence-electron chi connectivity index (χ3n) is 5.67. The molecule has 2 fully saturated rings. The van der Waals surface area contributed by atoms with Crippen LogP contribution in [0.3, 0.4) is 0 Å². The number of benzene rings is 1. The summed E-state index contributed by atoms with van der Waals surface area (Å²) < 4.78 is 5.91. The van der Waals surface area contributed by atoms with Crippen LogP contribution < -0.4 is 0 Å². The molecule has 0 aliphatic heterocycles. The average Bonchev–Trinajstić information content (AvgIpc) is 2.80. The lowest BCUT2D eigenvalue weighted by Gasteiger charge is -2.37. The Balaban J connectivity index is 1.74. The normalized spacial score (nSPS) is 36.3. The van der Waals surface area contributed by atoms with Gasteiger partial charge in [-0.3, -0.25) is 10.1 Å². The number of hydrogen-bond acceptors (Lipinski definition) is 4. The highest BCUT2D eigenvalue weighted by Gasteiger charge is 2.64. The predicted octanol–water partition coefficient (Wildman–Crippen LogP) is 4.13. The average molecular weight is 415 g/mol. The molecule has 2 bridgehead atoms. The molecule has 0 heterocycles. The second kappa shape index (κ2) is 5.18. The molecule has 2 aliphatic rings. The molecular formula is C16H18INO4. The minimum atomic E-state index is -0.479. The lowest BCUT2D eigenvalue weighted by molar-refractivity contribution is -0.384. The molecule has 0 radical (unpaired) electrons. The standard InChI is InChI=1S/C16H18INO4/c1-15-8-7-11(16(15,2)17)9-13(15)22-14(19)10-3-5-12(6-4-10)18(20)21/h3-6,11,13H,7-9H2,1-2H3. The van der Waals surface area contributed by atoms with Crippen molar-refractivity contribution in [2.24, 2.45) is 11.3 Å². The van der Waals surface area contributed by atoms with Crippen LogP contribution in [-0.2, 0) is 4.74 Å². The molecule has 4 atom stereocenters. The molecule has 0 N–H and O–H groups in total. The first-order valence-electron chi connectivity index (χ1n) is 7.40. The van der Waals surface area contributed by atoms with E-state index in [0.29, 0.717) is 11.5 Å². The molecule has 22 heavy (non-hydrogen) atoms. The van der Waals surface area contributed by atoms with Gasteiger partial charge in [0.25, 0.3) is 5.69 Å². The Hall–Kier alpha value is -1.18. The number of alkyl halides is 1. The number of nitro benzene ring substituents is 1. The maximum absolute atomic E-state index is 12.3. The number of non-ortho nitro benzene ring substituents is 1. The number of carbonyl (C=O) groups is 1. The van der Waals surface area contributed by atoms with Crippen molar-refractivity contribution in [3.8, 4) is 0 Å². The second-order valence-electron chi connectivity index (χ2n) is 6.66. The number of nitrogens with zero attached hydrogens (tertiary/aromatic N) is 1. The Morgan fingerprint density at radius 1 is 1.36 bits per heavy atom. The van der Waals surface area contributed by atoms with Crippen LogP contribution in [0.4, 0.5) is 5.69 Å². The highest BCUT2D eigenvalue weighted by atomic mass is 127. The molecule has 4 unspecified atom stereocenters. The van der Waals surface area contributed by atoms with E-state index in [9.17, 15) is 14.9 Å². The van der Waals surface area contributed by atoms with Crippen molar-refractivity contribution >= 4 is 34.2 Å². The van der Waals surface area contributed by atoms with Crippen LogP contribution in [-0.4, -0.2) is 20.4 Å². The summed E-state index contributed by atoms with van der Waals surface area (Å²) >= 11 is 2.52. The van der Waals surface area contributed by atoms with E-state index in [1.54, 1.807) is 0 Å². The van der Waals surface area contributed by atoms with Crippen LogP contribution in [0, 0.1) is 21.4 Å². The lowest BCUT2D eigenvalue weighted by atomic mass is 9.79. The molecule has 2 aliphatic carbocycles. The van der Waals surface area contributed by atoms with Crippen molar-refractivity contribution in [2.45, 2.75) is 42.6 Å². The summed E-state index contributed by atoms with van der Waals surface area (Å²) in [6.45, 7) is 4.46. The molecule has 0 amide bonds. The van der Waals surface area contributed by atoms with Crippen molar-refractivity contribution in [2.75, 3.05) is 0 Å². The number of ether oxygens (including phenoxy) is 1. The molecule has 2 saturated carbocycles. The Morgan fingerprint density at radius 3 is 2.45 bits per heavy atom. The molecule has 0 aromatic heterocycles. The second-order valence-corrected chi connectivity index (χ2v) is 8.90. The van der Waals surface area contributed by atoms with E-state index < -0.39 is 4.92 Å². The number of rotatable bonds is 3. The maximum Gasteiger partial charge on any atom is 0.338 e. The summed E-state index contributed by atoms with van der Waals surface area (Å²) in [7, 11) is 0. The molecule has 118 valence electrons. The van der Waals surface area contributed by atoms with E-state index in [1.165, 1.54) is 30.7 Å². The number of fused-ring (bicyclic) bond motifs is 2. The van der Waals surface area contributed by atoms with Gasteiger partial charge in [0.1, 0.15) is 6.10 Å². The Bertz CT molecular complexity index is 628.